The van der Waals surface area contributed by atoms with E-state index in [2.05, 4.69) is 20.7 Å². The Morgan fingerprint density at radius 3 is 2.62 bits per heavy atom. The zero-order chi connectivity index (χ0) is 12.5. The molecule has 0 fully saturated rings. The molecule has 0 amide bonds. The molecule has 0 aliphatic carbocycles. The number of carboxylic acids is 1. The van der Waals surface area contributed by atoms with Gasteiger partial charge in [-0.3, -0.25) is 0 Å². The second-order valence-electron chi connectivity index (χ2n) is 2.88. The predicted octanol–water partition coefficient (Wildman–Crippen LogP) is 1.42. The maximum atomic E-state index is 13.4. The van der Waals surface area contributed by atoms with Gasteiger partial charge in [-0.05, 0) is 22.0 Å². The molecule has 5 nitrogen and oxygen atoms in total. The Balaban J connectivity index is 3.39. The number of carbonyl (C=O) groups is 1. The summed E-state index contributed by atoms with van der Waals surface area (Å²) < 4.78 is 18.2. The van der Waals surface area contributed by atoms with Crippen LogP contribution in [0.2, 0.25) is 0 Å². The molecule has 0 spiro atoms. The molecule has 1 rings (SSSR count). The lowest BCUT2D eigenvalue weighted by molar-refractivity contribution is -0.147. The van der Waals surface area contributed by atoms with Gasteiger partial charge in [-0.1, -0.05) is 0 Å². The van der Waals surface area contributed by atoms with Crippen LogP contribution < -0.4 is 4.74 Å². The van der Waals surface area contributed by atoms with Gasteiger partial charge in [0.15, 0.2) is 17.6 Å². The van der Waals surface area contributed by atoms with Crippen molar-refractivity contribution < 1.29 is 29.2 Å². The second kappa shape index (κ2) is 4.67. The van der Waals surface area contributed by atoms with Crippen molar-refractivity contribution in [2.45, 2.75) is 6.10 Å². The fourth-order valence-electron chi connectivity index (χ4n) is 1.14. The Morgan fingerprint density at radius 1 is 1.62 bits per heavy atom. The van der Waals surface area contributed by atoms with Gasteiger partial charge in [0.05, 0.1) is 11.6 Å². The first-order valence-electron chi connectivity index (χ1n) is 4.05. The van der Waals surface area contributed by atoms with E-state index in [4.69, 9.17) is 5.11 Å². The van der Waals surface area contributed by atoms with Crippen LogP contribution in [0.25, 0.3) is 0 Å². The standard InChI is InChI=1S/C9H8BrFO5/c1-16-8-4(10)2-3(6(12)5(8)11)7(13)9(14)15/h2,7,12-13H,1H3,(H,14,15). The molecule has 16 heavy (non-hydrogen) atoms. The molecule has 0 radical (unpaired) electrons. The number of carboxylic acid groups (broad SMARTS) is 1. The highest BCUT2D eigenvalue weighted by Gasteiger charge is 2.25. The van der Waals surface area contributed by atoms with Crippen LogP contribution in [0.4, 0.5) is 4.39 Å². The van der Waals surface area contributed by atoms with Crippen LogP contribution in [0, 0.1) is 5.82 Å². The molecule has 0 saturated carbocycles. The van der Waals surface area contributed by atoms with Gasteiger partial charge < -0.3 is 20.1 Å². The van der Waals surface area contributed by atoms with Crippen molar-refractivity contribution in [1.82, 2.24) is 0 Å². The molecule has 1 atom stereocenters. The first-order chi connectivity index (χ1) is 7.40. The summed E-state index contributed by atoms with van der Waals surface area (Å²) in [6, 6.07) is 1.08. The smallest absolute Gasteiger partial charge is 0.337 e. The van der Waals surface area contributed by atoms with Crippen molar-refractivity contribution in [3.05, 3.63) is 21.9 Å². The predicted molar refractivity (Wildman–Crippen MR) is 54.9 cm³/mol. The highest BCUT2D eigenvalue weighted by molar-refractivity contribution is 9.10. The lowest BCUT2D eigenvalue weighted by atomic mass is 10.1. The number of aliphatic hydroxyl groups excluding tert-OH is 1. The number of aromatic hydroxyl groups is 1. The van der Waals surface area contributed by atoms with E-state index in [1.807, 2.05) is 0 Å². The lowest BCUT2D eigenvalue weighted by Gasteiger charge is -2.12. The van der Waals surface area contributed by atoms with E-state index in [9.17, 15) is 19.4 Å². The molecule has 1 aromatic carbocycles. The highest BCUT2D eigenvalue weighted by Crippen LogP contribution is 2.38. The summed E-state index contributed by atoms with van der Waals surface area (Å²) in [5.74, 6) is -3.94. The SMILES string of the molecule is COc1c(Br)cc(C(O)C(=O)O)c(O)c1F. The molecule has 1 unspecified atom stereocenters. The number of benzene rings is 1. The van der Waals surface area contributed by atoms with E-state index in [-0.39, 0.29) is 10.2 Å². The van der Waals surface area contributed by atoms with Gasteiger partial charge in [0.1, 0.15) is 0 Å². The monoisotopic (exact) mass is 294 g/mol. The quantitative estimate of drug-likeness (QED) is 0.785. The first kappa shape index (κ1) is 12.7. The number of ether oxygens (including phenoxy) is 1. The summed E-state index contributed by atoms with van der Waals surface area (Å²) in [5.41, 5.74) is -0.447. The van der Waals surface area contributed by atoms with Crippen LogP contribution in [0.5, 0.6) is 11.5 Å². The van der Waals surface area contributed by atoms with Crippen molar-refractivity contribution in [3.63, 3.8) is 0 Å². The first-order valence-corrected chi connectivity index (χ1v) is 4.85. The number of hydrogen-bond donors (Lipinski definition) is 3. The van der Waals surface area contributed by atoms with Gasteiger partial charge in [-0.2, -0.15) is 4.39 Å². The van der Waals surface area contributed by atoms with Gasteiger partial charge >= 0.3 is 5.97 Å². The van der Waals surface area contributed by atoms with Crippen molar-refractivity contribution in [3.8, 4) is 11.5 Å². The third kappa shape index (κ3) is 2.10. The third-order valence-electron chi connectivity index (χ3n) is 1.91. The van der Waals surface area contributed by atoms with Gasteiger partial charge in [0.2, 0.25) is 5.82 Å². The summed E-state index contributed by atoms with van der Waals surface area (Å²) >= 11 is 2.93. The Morgan fingerprint density at radius 2 is 2.19 bits per heavy atom. The van der Waals surface area contributed by atoms with Gasteiger partial charge in [-0.25, -0.2) is 4.79 Å². The minimum absolute atomic E-state index is 0.0978. The topological polar surface area (TPSA) is 87.0 Å². The number of rotatable bonds is 3. The van der Waals surface area contributed by atoms with Crippen molar-refractivity contribution in [2.24, 2.45) is 0 Å². The fourth-order valence-corrected chi connectivity index (χ4v) is 1.72. The van der Waals surface area contributed by atoms with E-state index in [0.29, 0.717) is 0 Å². The van der Waals surface area contributed by atoms with Crippen LogP contribution in [-0.2, 0) is 4.79 Å². The number of phenols is 1. The van der Waals surface area contributed by atoms with E-state index in [1.54, 1.807) is 0 Å². The molecule has 0 aliphatic rings. The second-order valence-corrected chi connectivity index (χ2v) is 3.74. The number of aliphatic hydroxyl groups is 1. The minimum Gasteiger partial charge on any atom is -0.504 e. The van der Waals surface area contributed by atoms with E-state index in [0.717, 1.165) is 6.07 Å². The van der Waals surface area contributed by atoms with Crippen LogP contribution in [0.15, 0.2) is 10.5 Å². The lowest BCUT2D eigenvalue weighted by Crippen LogP contribution is -2.11. The highest BCUT2D eigenvalue weighted by atomic mass is 79.9. The number of hydrogen-bond acceptors (Lipinski definition) is 4. The Bertz CT molecular complexity index is 434. The number of halogens is 2. The molecule has 7 heteroatoms. The normalized spacial score (nSPS) is 12.2. The molecular weight excluding hydrogens is 287 g/mol. The Kier molecular flexibility index (Phi) is 3.71. The molecule has 0 aromatic heterocycles. The largest absolute Gasteiger partial charge is 0.504 e. The molecule has 0 bridgehead atoms. The number of methoxy groups -OCH3 is 1. The summed E-state index contributed by atoms with van der Waals surface area (Å²) in [5, 5.41) is 27.1. The average Bonchev–Trinajstić information content (AvgIpc) is 2.23. The maximum Gasteiger partial charge on any atom is 0.337 e. The Hall–Kier alpha value is -1.34. The molecule has 3 N–H and O–H groups in total. The minimum atomic E-state index is -2.00. The number of aliphatic carboxylic acids is 1. The molecule has 1 aromatic rings. The summed E-state index contributed by atoms with van der Waals surface area (Å²) in [6.45, 7) is 0. The summed E-state index contributed by atoms with van der Waals surface area (Å²) in [6.07, 6.45) is -2.00. The van der Waals surface area contributed by atoms with Gasteiger partial charge in [-0.15, -0.1) is 0 Å². The van der Waals surface area contributed by atoms with Crippen LogP contribution >= 0.6 is 15.9 Å². The van der Waals surface area contributed by atoms with E-state index < -0.39 is 29.2 Å². The van der Waals surface area contributed by atoms with Crippen molar-refractivity contribution >= 4 is 21.9 Å². The van der Waals surface area contributed by atoms with E-state index >= 15 is 0 Å². The number of phenolic OH excluding ortho intramolecular Hbond substituents is 1. The molecular formula is C9H8BrFO5. The van der Waals surface area contributed by atoms with Gasteiger partial charge in [0.25, 0.3) is 0 Å². The van der Waals surface area contributed by atoms with Crippen LogP contribution in [-0.4, -0.2) is 28.4 Å². The Labute approximate surface area is 98.2 Å². The average molecular weight is 295 g/mol. The molecule has 0 saturated heterocycles. The molecule has 88 valence electrons. The molecule has 0 heterocycles. The summed E-state index contributed by atoms with van der Waals surface area (Å²) in [7, 11) is 1.19. The van der Waals surface area contributed by atoms with Crippen LogP contribution in [0.3, 0.4) is 0 Å². The third-order valence-corrected chi connectivity index (χ3v) is 2.50. The van der Waals surface area contributed by atoms with Crippen LogP contribution in [0.1, 0.15) is 11.7 Å². The van der Waals surface area contributed by atoms with Gasteiger partial charge in [0, 0.05) is 5.56 Å². The van der Waals surface area contributed by atoms with E-state index in [1.165, 1.54) is 7.11 Å². The fraction of sp³-hybridized carbons (Fsp3) is 0.222. The summed E-state index contributed by atoms with van der Waals surface area (Å²) in [4.78, 5) is 10.5. The maximum absolute atomic E-state index is 13.4. The zero-order valence-corrected chi connectivity index (χ0v) is 9.65. The van der Waals surface area contributed by atoms with Crippen molar-refractivity contribution in [1.29, 1.82) is 0 Å². The van der Waals surface area contributed by atoms with Crippen molar-refractivity contribution in [2.75, 3.05) is 7.11 Å². The zero-order valence-electron chi connectivity index (χ0n) is 8.07. The molecule has 0 aliphatic heterocycles.